The van der Waals surface area contributed by atoms with Gasteiger partial charge in [-0.25, -0.2) is 9.07 Å². The molecule has 4 rings (SSSR count). The average molecular weight is 391 g/mol. The molecule has 0 unspecified atom stereocenters. The van der Waals surface area contributed by atoms with Crippen LogP contribution in [-0.4, -0.2) is 15.6 Å². The number of hydrogen-bond donors (Lipinski definition) is 1. The van der Waals surface area contributed by atoms with E-state index in [1.54, 1.807) is 13.0 Å². The molecule has 1 aliphatic rings. The van der Waals surface area contributed by atoms with E-state index in [1.165, 1.54) is 12.1 Å². The molecule has 5 heteroatoms. The van der Waals surface area contributed by atoms with Crippen LogP contribution in [0.2, 0.25) is 0 Å². The van der Waals surface area contributed by atoms with E-state index in [2.05, 4.69) is 24.3 Å². The van der Waals surface area contributed by atoms with Crippen molar-refractivity contribution in [2.75, 3.05) is 0 Å². The van der Waals surface area contributed by atoms with Crippen LogP contribution in [0, 0.1) is 11.2 Å². The van der Waals surface area contributed by atoms with Crippen molar-refractivity contribution in [1.82, 2.24) is 15.1 Å². The fourth-order valence-corrected chi connectivity index (χ4v) is 4.20. The topological polar surface area (TPSA) is 46.9 Å². The van der Waals surface area contributed by atoms with Gasteiger partial charge in [-0.2, -0.15) is 5.10 Å². The SMILES string of the molecule is CC(=O)c1cccc(CN[C@H]2CC(C)(C)Cc3c2cnn3-c2cccc(F)c2)c1. The number of ketones is 1. The van der Waals surface area contributed by atoms with Crippen molar-refractivity contribution >= 4 is 5.78 Å². The standard InChI is InChI=1S/C24H26FN3O/c1-16(29)18-7-4-6-17(10-18)14-26-22-12-24(2,3)13-23-21(22)15-27-28(23)20-9-5-8-19(25)11-20/h4-11,15,22,26H,12-14H2,1-3H3/t22-/m0/s1. The molecule has 2 aromatic carbocycles. The molecule has 0 amide bonds. The van der Waals surface area contributed by atoms with Crippen molar-refractivity contribution in [1.29, 1.82) is 0 Å². The summed E-state index contributed by atoms with van der Waals surface area (Å²) in [6.45, 7) is 6.77. The number of carbonyl (C=O) groups is 1. The number of nitrogens with zero attached hydrogens (tertiary/aromatic N) is 2. The second-order valence-electron chi connectivity index (χ2n) is 8.67. The molecule has 150 valence electrons. The summed E-state index contributed by atoms with van der Waals surface area (Å²) in [6.07, 6.45) is 3.78. The van der Waals surface area contributed by atoms with Crippen LogP contribution in [0.1, 0.15) is 60.4 Å². The molecule has 3 aromatic rings. The number of Topliss-reactive ketones (excluding diaryl/α,β-unsaturated/α-hetero) is 1. The fourth-order valence-electron chi connectivity index (χ4n) is 4.20. The lowest BCUT2D eigenvalue weighted by Gasteiger charge is -2.36. The van der Waals surface area contributed by atoms with Gasteiger partial charge in [0, 0.05) is 29.4 Å². The molecule has 1 atom stereocenters. The van der Waals surface area contributed by atoms with E-state index in [9.17, 15) is 9.18 Å². The van der Waals surface area contributed by atoms with Crippen LogP contribution in [0.5, 0.6) is 0 Å². The Kier molecular flexibility index (Phi) is 5.09. The lowest BCUT2D eigenvalue weighted by Crippen LogP contribution is -2.33. The molecule has 1 heterocycles. The van der Waals surface area contributed by atoms with E-state index in [-0.39, 0.29) is 23.1 Å². The van der Waals surface area contributed by atoms with E-state index < -0.39 is 0 Å². The van der Waals surface area contributed by atoms with Gasteiger partial charge in [0.25, 0.3) is 0 Å². The summed E-state index contributed by atoms with van der Waals surface area (Å²) in [5, 5.41) is 8.24. The lowest BCUT2D eigenvalue weighted by molar-refractivity contribution is 0.101. The first kappa shape index (κ1) is 19.5. The Morgan fingerprint density at radius 3 is 2.79 bits per heavy atom. The van der Waals surface area contributed by atoms with Gasteiger partial charge in [-0.05, 0) is 55.0 Å². The Labute approximate surface area is 170 Å². The Hall–Kier alpha value is -2.79. The zero-order valence-corrected chi connectivity index (χ0v) is 17.1. The first-order chi connectivity index (χ1) is 13.8. The Morgan fingerprint density at radius 2 is 2.03 bits per heavy atom. The summed E-state index contributed by atoms with van der Waals surface area (Å²) < 4.78 is 15.6. The number of fused-ring (bicyclic) bond motifs is 1. The highest BCUT2D eigenvalue weighted by molar-refractivity contribution is 5.94. The largest absolute Gasteiger partial charge is 0.306 e. The second kappa shape index (κ2) is 7.56. The van der Waals surface area contributed by atoms with E-state index in [1.807, 2.05) is 41.2 Å². The molecule has 0 fully saturated rings. The van der Waals surface area contributed by atoms with Crippen LogP contribution in [0.3, 0.4) is 0 Å². The molecule has 0 saturated heterocycles. The van der Waals surface area contributed by atoms with Gasteiger partial charge in [-0.15, -0.1) is 0 Å². The van der Waals surface area contributed by atoms with Gasteiger partial charge in [0.1, 0.15) is 5.82 Å². The molecule has 0 bridgehead atoms. The maximum absolute atomic E-state index is 13.7. The average Bonchev–Trinajstić information content (AvgIpc) is 3.09. The highest BCUT2D eigenvalue weighted by Gasteiger charge is 2.35. The van der Waals surface area contributed by atoms with Crippen LogP contribution in [0.15, 0.2) is 54.7 Å². The quantitative estimate of drug-likeness (QED) is 0.622. The number of nitrogens with one attached hydrogen (secondary N) is 1. The van der Waals surface area contributed by atoms with Crippen molar-refractivity contribution in [2.24, 2.45) is 5.41 Å². The van der Waals surface area contributed by atoms with Crippen molar-refractivity contribution in [3.8, 4) is 5.69 Å². The van der Waals surface area contributed by atoms with Crippen molar-refractivity contribution in [2.45, 2.75) is 46.2 Å². The minimum atomic E-state index is -0.262. The smallest absolute Gasteiger partial charge is 0.159 e. The van der Waals surface area contributed by atoms with Crippen LogP contribution in [-0.2, 0) is 13.0 Å². The molecule has 0 saturated carbocycles. The minimum Gasteiger partial charge on any atom is -0.306 e. The summed E-state index contributed by atoms with van der Waals surface area (Å²) in [5.41, 5.74) is 4.94. The van der Waals surface area contributed by atoms with E-state index in [0.29, 0.717) is 6.54 Å². The summed E-state index contributed by atoms with van der Waals surface area (Å²) in [4.78, 5) is 11.7. The molecule has 0 radical (unpaired) electrons. The van der Waals surface area contributed by atoms with E-state index >= 15 is 0 Å². The van der Waals surface area contributed by atoms with Crippen LogP contribution in [0.4, 0.5) is 4.39 Å². The normalized spacial score (nSPS) is 17.7. The van der Waals surface area contributed by atoms with Crippen LogP contribution >= 0.6 is 0 Å². The van der Waals surface area contributed by atoms with Gasteiger partial charge in [-0.1, -0.05) is 38.1 Å². The molecule has 1 aromatic heterocycles. The molecule has 1 N–H and O–H groups in total. The summed E-state index contributed by atoms with van der Waals surface area (Å²) in [6, 6.07) is 14.5. The Bertz CT molecular complexity index is 1050. The van der Waals surface area contributed by atoms with Crippen LogP contribution < -0.4 is 5.32 Å². The van der Waals surface area contributed by atoms with E-state index in [4.69, 9.17) is 0 Å². The maximum atomic E-state index is 13.7. The fraction of sp³-hybridized carbons (Fsp3) is 0.333. The summed E-state index contributed by atoms with van der Waals surface area (Å²) in [7, 11) is 0. The molecule has 0 aliphatic heterocycles. The zero-order chi connectivity index (χ0) is 20.6. The van der Waals surface area contributed by atoms with Crippen molar-refractivity contribution in [3.05, 3.63) is 82.9 Å². The van der Waals surface area contributed by atoms with Gasteiger partial charge in [0.2, 0.25) is 0 Å². The van der Waals surface area contributed by atoms with Gasteiger partial charge < -0.3 is 5.32 Å². The lowest BCUT2D eigenvalue weighted by atomic mass is 9.74. The number of halogens is 1. The molecular formula is C24H26FN3O. The molecule has 0 spiro atoms. The van der Waals surface area contributed by atoms with Crippen molar-refractivity contribution in [3.63, 3.8) is 0 Å². The van der Waals surface area contributed by atoms with Gasteiger partial charge in [0.05, 0.1) is 11.9 Å². The van der Waals surface area contributed by atoms with E-state index in [0.717, 1.165) is 40.9 Å². The highest BCUT2D eigenvalue weighted by atomic mass is 19.1. The maximum Gasteiger partial charge on any atom is 0.159 e. The van der Waals surface area contributed by atoms with Gasteiger partial charge >= 0.3 is 0 Å². The third-order valence-electron chi connectivity index (χ3n) is 5.62. The molecule has 1 aliphatic carbocycles. The second-order valence-corrected chi connectivity index (χ2v) is 8.67. The number of aromatic nitrogens is 2. The summed E-state index contributed by atoms with van der Waals surface area (Å²) in [5.74, 6) is -0.189. The van der Waals surface area contributed by atoms with Gasteiger partial charge in [-0.3, -0.25) is 4.79 Å². The number of rotatable bonds is 5. The molecule has 29 heavy (non-hydrogen) atoms. The predicted molar refractivity (Wildman–Crippen MR) is 112 cm³/mol. The number of carbonyl (C=O) groups excluding carboxylic acids is 1. The number of benzene rings is 2. The first-order valence-corrected chi connectivity index (χ1v) is 9.98. The third-order valence-corrected chi connectivity index (χ3v) is 5.62. The molecular weight excluding hydrogens is 365 g/mol. The first-order valence-electron chi connectivity index (χ1n) is 9.98. The highest BCUT2D eigenvalue weighted by Crippen LogP contribution is 2.41. The van der Waals surface area contributed by atoms with Gasteiger partial charge in [0.15, 0.2) is 5.78 Å². The minimum absolute atomic E-state index is 0.0734. The Morgan fingerprint density at radius 1 is 1.24 bits per heavy atom. The summed E-state index contributed by atoms with van der Waals surface area (Å²) >= 11 is 0. The Balaban J connectivity index is 1.62. The molecule has 4 nitrogen and oxygen atoms in total. The third kappa shape index (κ3) is 4.15. The zero-order valence-electron chi connectivity index (χ0n) is 17.1. The van der Waals surface area contributed by atoms with Crippen LogP contribution in [0.25, 0.3) is 5.69 Å². The predicted octanol–water partition coefficient (Wildman–Crippen LogP) is 5.02. The number of hydrogen-bond acceptors (Lipinski definition) is 3. The van der Waals surface area contributed by atoms with Crippen molar-refractivity contribution < 1.29 is 9.18 Å². The monoisotopic (exact) mass is 391 g/mol.